The molecule has 1 saturated carbocycles. The van der Waals surface area contributed by atoms with Crippen molar-refractivity contribution in [3.63, 3.8) is 0 Å². The fourth-order valence-electron chi connectivity index (χ4n) is 2.66. The molecule has 0 aromatic rings. The zero-order valence-corrected chi connectivity index (χ0v) is 12.4. The maximum absolute atomic E-state index is 11.1. The molecule has 1 aliphatic carbocycles. The molecule has 1 rings (SSSR count). The van der Waals surface area contributed by atoms with Crippen LogP contribution in [0, 0.1) is 11.8 Å². The highest BCUT2D eigenvalue weighted by molar-refractivity contribution is 7.90. The van der Waals surface area contributed by atoms with Crippen LogP contribution in [0.4, 0.5) is 0 Å². The first-order chi connectivity index (χ1) is 7.79. The Kier molecular flexibility index (Phi) is 5.45. The molecule has 17 heavy (non-hydrogen) atoms. The average molecular weight is 261 g/mol. The summed E-state index contributed by atoms with van der Waals surface area (Å²) in [6.45, 7) is 6.72. The van der Waals surface area contributed by atoms with E-state index in [9.17, 15) is 8.42 Å². The number of nitrogens with one attached hydrogen (secondary N) is 1. The van der Waals surface area contributed by atoms with Crippen LogP contribution in [0.3, 0.4) is 0 Å². The summed E-state index contributed by atoms with van der Waals surface area (Å²) in [5.74, 6) is 1.77. The fraction of sp³-hybridized carbons (Fsp3) is 1.00. The van der Waals surface area contributed by atoms with Crippen LogP contribution in [-0.4, -0.2) is 32.5 Å². The third-order valence-corrected chi connectivity index (χ3v) is 5.10. The molecule has 0 aromatic heterocycles. The summed E-state index contributed by atoms with van der Waals surface area (Å²) in [5, 5.41) is 3.61. The van der Waals surface area contributed by atoms with Crippen molar-refractivity contribution in [2.24, 2.45) is 11.8 Å². The van der Waals surface area contributed by atoms with Gasteiger partial charge in [0.05, 0.1) is 5.75 Å². The lowest BCUT2D eigenvalue weighted by Crippen LogP contribution is -2.45. The minimum Gasteiger partial charge on any atom is -0.311 e. The average Bonchev–Trinajstić information content (AvgIpc) is 2.21. The summed E-state index contributed by atoms with van der Waals surface area (Å²) in [5.41, 5.74) is 0. The predicted octanol–water partition coefficient (Wildman–Crippen LogP) is 2.22. The molecule has 1 N–H and O–H groups in total. The van der Waals surface area contributed by atoms with Crippen molar-refractivity contribution in [2.75, 3.05) is 12.0 Å². The second-order valence-corrected chi connectivity index (χ2v) is 8.12. The number of hydrogen-bond donors (Lipinski definition) is 1. The van der Waals surface area contributed by atoms with Gasteiger partial charge in [-0.25, -0.2) is 8.42 Å². The Morgan fingerprint density at radius 3 is 2.53 bits per heavy atom. The SMILES string of the molecule is C[C@H]1[C@H](C)CCC[C@H]1N[C@H](C)CCS(C)(=O)=O. The molecule has 0 heterocycles. The molecule has 102 valence electrons. The Labute approximate surface area is 106 Å². The molecule has 1 fully saturated rings. The van der Waals surface area contributed by atoms with E-state index < -0.39 is 9.84 Å². The molecule has 0 bridgehead atoms. The zero-order valence-electron chi connectivity index (χ0n) is 11.6. The normalized spacial score (nSPS) is 32.4. The van der Waals surface area contributed by atoms with Crippen molar-refractivity contribution >= 4 is 9.84 Å². The van der Waals surface area contributed by atoms with Gasteiger partial charge in [-0.1, -0.05) is 26.7 Å². The van der Waals surface area contributed by atoms with Crippen molar-refractivity contribution in [2.45, 2.75) is 58.5 Å². The van der Waals surface area contributed by atoms with E-state index in [-0.39, 0.29) is 5.75 Å². The summed E-state index contributed by atoms with van der Waals surface area (Å²) < 4.78 is 22.2. The molecule has 0 unspecified atom stereocenters. The van der Waals surface area contributed by atoms with Gasteiger partial charge < -0.3 is 5.32 Å². The van der Waals surface area contributed by atoms with E-state index in [4.69, 9.17) is 0 Å². The van der Waals surface area contributed by atoms with Crippen LogP contribution < -0.4 is 5.32 Å². The van der Waals surface area contributed by atoms with Crippen LogP contribution in [0.25, 0.3) is 0 Å². The van der Waals surface area contributed by atoms with E-state index >= 15 is 0 Å². The molecule has 0 radical (unpaired) electrons. The molecular weight excluding hydrogens is 234 g/mol. The van der Waals surface area contributed by atoms with Crippen LogP contribution in [0.5, 0.6) is 0 Å². The molecular formula is C13H27NO2S. The molecule has 0 aromatic carbocycles. The molecule has 4 heteroatoms. The van der Waals surface area contributed by atoms with Gasteiger partial charge in [0, 0.05) is 18.3 Å². The van der Waals surface area contributed by atoms with Crippen LogP contribution in [0.2, 0.25) is 0 Å². The first-order valence-corrected chi connectivity index (χ1v) is 8.79. The minimum absolute atomic E-state index is 0.290. The van der Waals surface area contributed by atoms with Crippen molar-refractivity contribution in [1.29, 1.82) is 0 Å². The van der Waals surface area contributed by atoms with Crippen molar-refractivity contribution < 1.29 is 8.42 Å². The Hall–Kier alpha value is -0.0900. The van der Waals surface area contributed by atoms with E-state index in [0.29, 0.717) is 18.0 Å². The minimum atomic E-state index is -2.82. The van der Waals surface area contributed by atoms with Crippen molar-refractivity contribution in [3.05, 3.63) is 0 Å². The van der Waals surface area contributed by atoms with Gasteiger partial charge in [0.2, 0.25) is 0 Å². The Morgan fingerprint density at radius 1 is 1.29 bits per heavy atom. The topological polar surface area (TPSA) is 46.2 Å². The first-order valence-electron chi connectivity index (χ1n) is 6.73. The highest BCUT2D eigenvalue weighted by atomic mass is 32.2. The lowest BCUT2D eigenvalue weighted by atomic mass is 9.78. The lowest BCUT2D eigenvalue weighted by Gasteiger charge is -2.36. The van der Waals surface area contributed by atoms with E-state index in [1.807, 2.05) is 0 Å². The summed E-state index contributed by atoms with van der Waals surface area (Å²) >= 11 is 0. The summed E-state index contributed by atoms with van der Waals surface area (Å²) in [6.07, 6.45) is 5.88. The van der Waals surface area contributed by atoms with Crippen LogP contribution in [-0.2, 0) is 9.84 Å². The largest absolute Gasteiger partial charge is 0.311 e. The van der Waals surface area contributed by atoms with Gasteiger partial charge in [0.25, 0.3) is 0 Å². The van der Waals surface area contributed by atoms with E-state index in [0.717, 1.165) is 12.3 Å². The highest BCUT2D eigenvalue weighted by Gasteiger charge is 2.27. The summed E-state index contributed by atoms with van der Waals surface area (Å²) in [6, 6.07) is 0.857. The first kappa shape index (κ1) is 15.0. The maximum Gasteiger partial charge on any atom is 0.147 e. The zero-order chi connectivity index (χ0) is 13.1. The van der Waals surface area contributed by atoms with Crippen LogP contribution in [0.15, 0.2) is 0 Å². The van der Waals surface area contributed by atoms with Crippen molar-refractivity contribution in [1.82, 2.24) is 5.32 Å². The number of hydrogen-bond acceptors (Lipinski definition) is 3. The van der Waals surface area contributed by atoms with E-state index in [2.05, 4.69) is 26.1 Å². The smallest absolute Gasteiger partial charge is 0.147 e. The van der Waals surface area contributed by atoms with Gasteiger partial charge in [-0.05, 0) is 31.6 Å². The maximum atomic E-state index is 11.1. The second-order valence-electron chi connectivity index (χ2n) is 5.86. The molecule has 1 aliphatic rings. The monoisotopic (exact) mass is 261 g/mol. The predicted molar refractivity (Wildman–Crippen MR) is 72.9 cm³/mol. The van der Waals surface area contributed by atoms with Crippen molar-refractivity contribution in [3.8, 4) is 0 Å². The van der Waals surface area contributed by atoms with Gasteiger partial charge in [-0.3, -0.25) is 0 Å². The number of rotatable bonds is 5. The third kappa shape index (κ3) is 5.38. The molecule has 0 spiro atoms. The Morgan fingerprint density at radius 2 is 1.94 bits per heavy atom. The van der Waals surface area contributed by atoms with E-state index in [1.165, 1.54) is 25.5 Å². The number of sulfone groups is 1. The quantitative estimate of drug-likeness (QED) is 0.825. The molecule has 0 amide bonds. The molecule has 0 aliphatic heterocycles. The Balaban J connectivity index is 2.37. The molecule has 4 atom stereocenters. The van der Waals surface area contributed by atoms with E-state index in [1.54, 1.807) is 0 Å². The third-order valence-electron chi connectivity index (χ3n) is 4.13. The highest BCUT2D eigenvalue weighted by Crippen LogP contribution is 2.29. The summed E-state index contributed by atoms with van der Waals surface area (Å²) in [4.78, 5) is 0. The molecule has 3 nitrogen and oxygen atoms in total. The second kappa shape index (κ2) is 6.19. The van der Waals surface area contributed by atoms with Crippen LogP contribution >= 0.6 is 0 Å². The standard InChI is InChI=1S/C13H27NO2S/c1-10-6-5-7-13(12(10)3)14-11(2)8-9-17(4,15)16/h10-14H,5-9H2,1-4H3/t10-,11-,12+,13-/m1/s1. The van der Waals surface area contributed by atoms with Gasteiger partial charge in [0.15, 0.2) is 0 Å². The van der Waals surface area contributed by atoms with Gasteiger partial charge in [-0.2, -0.15) is 0 Å². The lowest BCUT2D eigenvalue weighted by molar-refractivity contribution is 0.195. The summed E-state index contributed by atoms with van der Waals surface area (Å²) in [7, 11) is -2.82. The van der Waals surface area contributed by atoms with Crippen LogP contribution in [0.1, 0.15) is 46.5 Å². The van der Waals surface area contributed by atoms with Gasteiger partial charge >= 0.3 is 0 Å². The van der Waals surface area contributed by atoms with Gasteiger partial charge in [0.1, 0.15) is 9.84 Å². The fourth-order valence-corrected chi connectivity index (χ4v) is 3.44. The van der Waals surface area contributed by atoms with Gasteiger partial charge in [-0.15, -0.1) is 0 Å². The molecule has 0 saturated heterocycles. The Bertz CT molecular complexity index is 326.